The molecular weight excluding hydrogens is 384 g/mol. The highest BCUT2D eigenvalue weighted by Crippen LogP contribution is 2.27. The van der Waals surface area contributed by atoms with E-state index in [1.807, 2.05) is 25.1 Å². The Bertz CT molecular complexity index is 946. The lowest BCUT2D eigenvalue weighted by Crippen LogP contribution is -2.51. The van der Waals surface area contributed by atoms with Gasteiger partial charge in [-0.2, -0.15) is 0 Å². The Kier molecular flexibility index (Phi) is 5.77. The Hall–Kier alpha value is -2.05. The summed E-state index contributed by atoms with van der Waals surface area (Å²) in [7, 11) is -3.66. The van der Waals surface area contributed by atoms with E-state index in [1.54, 1.807) is 29.2 Å². The van der Waals surface area contributed by atoms with Crippen LogP contribution in [0.15, 0.2) is 48.5 Å². The fourth-order valence-electron chi connectivity index (χ4n) is 3.55. The van der Waals surface area contributed by atoms with Crippen LogP contribution in [0.3, 0.4) is 0 Å². The Morgan fingerprint density at radius 2 is 1.89 bits per heavy atom. The molecule has 0 aromatic heterocycles. The number of hydrogen-bond donors (Lipinski definition) is 0. The monoisotopic (exact) mass is 406 g/mol. The average molecular weight is 407 g/mol. The number of nitrogens with zero attached hydrogens (tertiary/aromatic N) is 2. The van der Waals surface area contributed by atoms with Crippen molar-refractivity contribution in [2.45, 2.75) is 32.4 Å². The minimum Gasteiger partial charge on any atom is -0.336 e. The maximum atomic E-state index is 13.3. The van der Waals surface area contributed by atoms with Gasteiger partial charge in [-0.1, -0.05) is 48.9 Å². The number of hydrogen-bond acceptors (Lipinski definition) is 3. The summed E-state index contributed by atoms with van der Waals surface area (Å²) < 4.78 is 26.3. The minimum absolute atomic E-state index is 0.183. The molecule has 1 amide bonds. The lowest BCUT2D eigenvalue weighted by molar-refractivity contribution is -0.133. The number of carbonyl (C=O) groups excluding carboxylic acids is 1. The highest BCUT2D eigenvalue weighted by atomic mass is 35.5. The van der Waals surface area contributed by atoms with Crippen molar-refractivity contribution in [3.05, 3.63) is 64.7 Å². The molecular formula is C20H23ClN2O3S. The molecule has 0 saturated carbocycles. The van der Waals surface area contributed by atoms with Crippen LogP contribution in [0.4, 0.5) is 5.69 Å². The molecule has 0 unspecified atom stereocenters. The van der Waals surface area contributed by atoms with Crippen LogP contribution in [-0.4, -0.2) is 38.1 Å². The normalized spacial score (nSPS) is 15.1. The third-order valence-electron chi connectivity index (χ3n) is 4.82. The second-order valence-electron chi connectivity index (χ2n) is 6.74. The van der Waals surface area contributed by atoms with Crippen molar-refractivity contribution >= 4 is 33.2 Å². The Morgan fingerprint density at radius 3 is 2.52 bits per heavy atom. The predicted octanol–water partition coefficient (Wildman–Crippen LogP) is 3.47. The van der Waals surface area contributed by atoms with Crippen molar-refractivity contribution in [3.63, 3.8) is 0 Å². The highest BCUT2D eigenvalue weighted by molar-refractivity contribution is 7.92. The van der Waals surface area contributed by atoms with Gasteiger partial charge < -0.3 is 4.90 Å². The molecule has 5 nitrogen and oxygen atoms in total. The highest BCUT2D eigenvalue weighted by Gasteiger charge is 2.35. The van der Waals surface area contributed by atoms with Gasteiger partial charge in [-0.25, -0.2) is 8.42 Å². The molecule has 1 aliphatic rings. The molecule has 144 valence electrons. The number of fused-ring (bicyclic) bond motifs is 1. The predicted molar refractivity (Wildman–Crippen MR) is 108 cm³/mol. The first-order valence-corrected chi connectivity index (χ1v) is 11.1. The van der Waals surface area contributed by atoms with E-state index in [0.717, 1.165) is 18.2 Å². The van der Waals surface area contributed by atoms with Crippen molar-refractivity contribution in [1.82, 2.24) is 4.90 Å². The summed E-state index contributed by atoms with van der Waals surface area (Å²) in [4.78, 5) is 15.0. The van der Waals surface area contributed by atoms with Crippen LogP contribution in [0.2, 0.25) is 5.02 Å². The van der Waals surface area contributed by atoms with Crippen LogP contribution in [0.5, 0.6) is 0 Å². The maximum absolute atomic E-state index is 13.3. The van der Waals surface area contributed by atoms with Gasteiger partial charge in [0.2, 0.25) is 15.9 Å². The molecule has 3 rings (SSSR count). The first-order chi connectivity index (χ1) is 12.8. The Labute approximate surface area is 165 Å². The zero-order valence-corrected chi connectivity index (χ0v) is 17.0. The van der Waals surface area contributed by atoms with E-state index in [4.69, 9.17) is 11.6 Å². The molecule has 0 radical (unpaired) electrons. The van der Waals surface area contributed by atoms with Crippen molar-refractivity contribution in [3.8, 4) is 0 Å². The zero-order valence-electron chi connectivity index (χ0n) is 15.4. The second-order valence-corrected chi connectivity index (χ2v) is 9.04. The number of carbonyl (C=O) groups is 1. The van der Waals surface area contributed by atoms with Crippen molar-refractivity contribution in [2.24, 2.45) is 0 Å². The van der Waals surface area contributed by atoms with E-state index < -0.39 is 16.1 Å². The van der Waals surface area contributed by atoms with Gasteiger partial charge >= 0.3 is 0 Å². The third-order valence-corrected chi connectivity index (χ3v) is 6.23. The van der Waals surface area contributed by atoms with Crippen molar-refractivity contribution in [2.75, 3.05) is 17.1 Å². The summed E-state index contributed by atoms with van der Waals surface area (Å²) in [5, 5.41) is 0.426. The molecule has 7 heteroatoms. The summed E-state index contributed by atoms with van der Waals surface area (Å²) in [6.07, 6.45) is 2.26. The van der Waals surface area contributed by atoms with Crippen molar-refractivity contribution < 1.29 is 13.2 Å². The van der Waals surface area contributed by atoms with Gasteiger partial charge in [0.15, 0.2) is 0 Å². The fourth-order valence-corrected chi connectivity index (χ4v) is 4.93. The quantitative estimate of drug-likeness (QED) is 0.763. The van der Waals surface area contributed by atoms with E-state index in [-0.39, 0.29) is 5.91 Å². The van der Waals surface area contributed by atoms with Gasteiger partial charge in [-0.15, -0.1) is 0 Å². The number of rotatable bonds is 5. The summed E-state index contributed by atoms with van der Waals surface area (Å²) in [5.74, 6) is -0.183. The Balaban J connectivity index is 1.93. The van der Waals surface area contributed by atoms with Gasteiger partial charge in [-0.3, -0.25) is 9.10 Å². The number of sulfonamides is 1. The van der Waals surface area contributed by atoms with Crippen LogP contribution >= 0.6 is 11.6 Å². The molecule has 0 saturated heterocycles. The van der Waals surface area contributed by atoms with Gasteiger partial charge in [0.25, 0.3) is 0 Å². The first-order valence-electron chi connectivity index (χ1n) is 8.91. The third kappa shape index (κ3) is 4.28. The van der Waals surface area contributed by atoms with Crippen LogP contribution in [0.1, 0.15) is 24.5 Å². The van der Waals surface area contributed by atoms with E-state index in [1.165, 1.54) is 9.87 Å². The number of amides is 1. The summed E-state index contributed by atoms with van der Waals surface area (Å²) in [6.45, 7) is 2.90. The van der Waals surface area contributed by atoms with Gasteiger partial charge in [0.05, 0.1) is 11.9 Å². The largest absolute Gasteiger partial charge is 0.336 e. The molecule has 0 N–H and O–H groups in total. The molecule has 0 fully saturated rings. The molecule has 0 spiro atoms. The van der Waals surface area contributed by atoms with Gasteiger partial charge in [0, 0.05) is 18.1 Å². The van der Waals surface area contributed by atoms with Crippen LogP contribution in [0.25, 0.3) is 0 Å². The van der Waals surface area contributed by atoms with E-state index in [2.05, 4.69) is 6.07 Å². The smallest absolute Gasteiger partial charge is 0.246 e. The number of halogens is 1. The lowest BCUT2D eigenvalue weighted by atomic mass is 9.99. The second kappa shape index (κ2) is 7.90. The van der Waals surface area contributed by atoms with Crippen molar-refractivity contribution in [1.29, 1.82) is 0 Å². The van der Waals surface area contributed by atoms with Gasteiger partial charge in [-0.05, 0) is 42.2 Å². The van der Waals surface area contributed by atoms with E-state index in [9.17, 15) is 13.2 Å². The topological polar surface area (TPSA) is 57.7 Å². The van der Waals surface area contributed by atoms with Gasteiger partial charge in [0.1, 0.15) is 6.04 Å². The van der Waals surface area contributed by atoms with Crippen LogP contribution < -0.4 is 4.31 Å². The lowest BCUT2D eigenvalue weighted by Gasteiger charge is -2.36. The SMILES string of the molecule is CC[C@@H](C(=O)N1CCc2ccccc2C1)N(c1cccc(Cl)c1)S(C)(=O)=O. The summed E-state index contributed by atoms with van der Waals surface area (Å²) in [5.41, 5.74) is 2.76. The molecule has 1 heterocycles. The molecule has 0 bridgehead atoms. The molecule has 1 atom stereocenters. The molecule has 1 aliphatic heterocycles. The number of benzene rings is 2. The molecule has 0 aliphatic carbocycles. The Morgan fingerprint density at radius 1 is 1.19 bits per heavy atom. The maximum Gasteiger partial charge on any atom is 0.246 e. The van der Waals surface area contributed by atoms with Crippen LogP contribution in [-0.2, 0) is 27.8 Å². The summed E-state index contributed by atoms with van der Waals surface area (Å²) in [6, 6.07) is 13.8. The minimum atomic E-state index is -3.66. The van der Waals surface area contributed by atoms with E-state index in [0.29, 0.717) is 30.2 Å². The zero-order chi connectivity index (χ0) is 19.6. The fraction of sp³-hybridized carbons (Fsp3) is 0.350. The summed E-state index contributed by atoms with van der Waals surface area (Å²) >= 11 is 6.05. The standard InChI is InChI=1S/C20H23ClN2O3S/c1-3-19(23(27(2,25)26)18-10-6-9-17(21)13-18)20(24)22-12-11-15-7-4-5-8-16(15)14-22/h4-10,13,19H,3,11-12,14H2,1-2H3/t19-/m0/s1. The first kappa shape index (κ1) is 19.7. The van der Waals surface area contributed by atoms with E-state index >= 15 is 0 Å². The molecule has 2 aromatic rings. The number of anilines is 1. The van der Waals surface area contributed by atoms with Crippen LogP contribution in [0, 0.1) is 0 Å². The molecule has 2 aromatic carbocycles. The average Bonchev–Trinajstić information content (AvgIpc) is 2.64. The molecule has 27 heavy (non-hydrogen) atoms.